The van der Waals surface area contributed by atoms with E-state index in [2.05, 4.69) is 20.6 Å². The molecular weight excluding hydrogens is 352 g/mol. The predicted octanol–water partition coefficient (Wildman–Crippen LogP) is 1.63. The quantitative estimate of drug-likeness (QED) is 0.748. The van der Waals surface area contributed by atoms with Gasteiger partial charge < -0.3 is 5.32 Å². The zero-order chi connectivity index (χ0) is 18.1. The molecule has 0 amide bonds. The van der Waals surface area contributed by atoms with Gasteiger partial charge in [0.15, 0.2) is 0 Å². The minimum absolute atomic E-state index is 0.180. The molecule has 0 bridgehead atoms. The average Bonchev–Trinajstić information content (AvgIpc) is 3.11. The van der Waals surface area contributed by atoms with Crippen LogP contribution in [-0.2, 0) is 10.0 Å². The molecule has 0 spiro atoms. The summed E-state index contributed by atoms with van der Waals surface area (Å²) in [5.74, 6) is 0. The van der Waals surface area contributed by atoms with E-state index in [-0.39, 0.29) is 6.04 Å². The van der Waals surface area contributed by atoms with E-state index in [0.717, 1.165) is 29.8 Å². The fraction of sp³-hybridized carbons (Fsp3) is 0.353. The molecule has 9 heteroatoms. The van der Waals surface area contributed by atoms with E-state index >= 15 is 0 Å². The Morgan fingerprint density at radius 2 is 1.88 bits per heavy atom. The lowest BCUT2D eigenvalue weighted by Gasteiger charge is -2.31. The standard InChI is InChI=1S/C17H20N6O2S/c1-26(24,25)22-9-7-14(8-10-22)19-16-11-15(13-5-3-2-4-6-13)21-23-12-18-20-17(16)23/h2-6,11-12,14,19H,7-10H2,1H3. The third-order valence-electron chi connectivity index (χ3n) is 4.62. The minimum Gasteiger partial charge on any atom is -0.379 e. The molecule has 1 aliphatic rings. The van der Waals surface area contributed by atoms with E-state index in [1.165, 1.54) is 10.6 Å². The van der Waals surface area contributed by atoms with Crippen molar-refractivity contribution in [1.29, 1.82) is 0 Å². The third-order valence-corrected chi connectivity index (χ3v) is 5.92. The molecule has 26 heavy (non-hydrogen) atoms. The van der Waals surface area contributed by atoms with Crippen molar-refractivity contribution in [2.24, 2.45) is 0 Å². The largest absolute Gasteiger partial charge is 0.379 e. The summed E-state index contributed by atoms with van der Waals surface area (Å²) in [6, 6.07) is 12.1. The maximum Gasteiger partial charge on any atom is 0.211 e. The second-order valence-corrected chi connectivity index (χ2v) is 8.47. The number of piperidine rings is 1. The number of nitrogens with one attached hydrogen (secondary N) is 1. The summed E-state index contributed by atoms with van der Waals surface area (Å²) in [6.45, 7) is 1.05. The van der Waals surface area contributed by atoms with Crippen LogP contribution in [-0.4, -0.2) is 57.9 Å². The Labute approximate surface area is 151 Å². The van der Waals surface area contributed by atoms with Crippen molar-refractivity contribution in [2.75, 3.05) is 24.7 Å². The number of sulfonamides is 1. The van der Waals surface area contributed by atoms with Crippen LogP contribution in [0.2, 0.25) is 0 Å². The molecule has 1 aliphatic heterocycles. The van der Waals surface area contributed by atoms with Crippen molar-refractivity contribution in [3.05, 3.63) is 42.7 Å². The van der Waals surface area contributed by atoms with Crippen LogP contribution >= 0.6 is 0 Å². The molecule has 0 unspecified atom stereocenters. The van der Waals surface area contributed by atoms with Crippen molar-refractivity contribution in [1.82, 2.24) is 24.1 Å². The van der Waals surface area contributed by atoms with E-state index in [1.807, 2.05) is 36.4 Å². The lowest BCUT2D eigenvalue weighted by molar-refractivity contribution is 0.332. The van der Waals surface area contributed by atoms with E-state index in [9.17, 15) is 8.42 Å². The van der Waals surface area contributed by atoms with E-state index in [4.69, 9.17) is 0 Å². The summed E-state index contributed by atoms with van der Waals surface area (Å²) in [5, 5.41) is 16.2. The highest BCUT2D eigenvalue weighted by atomic mass is 32.2. The Balaban J connectivity index is 1.60. The van der Waals surface area contributed by atoms with Crippen LogP contribution in [0.3, 0.4) is 0 Å². The van der Waals surface area contributed by atoms with E-state index in [0.29, 0.717) is 18.7 Å². The maximum absolute atomic E-state index is 11.7. The van der Waals surface area contributed by atoms with Crippen LogP contribution < -0.4 is 5.32 Å². The first-order valence-corrected chi connectivity index (χ1v) is 10.3. The number of benzene rings is 1. The van der Waals surface area contributed by atoms with Crippen LogP contribution in [0.5, 0.6) is 0 Å². The van der Waals surface area contributed by atoms with Crippen LogP contribution in [0.4, 0.5) is 5.69 Å². The first-order valence-electron chi connectivity index (χ1n) is 8.49. The highest BCUT2D eigenvalue weighted by Gasteiger charge is 2.25. The van der Waals surface area contributed by atoms with Gasteiger partial charge in [-0.15, -0.1) is 10.2 Å². The maximum atomic E-state index is 11.7. The monoisotopic (exact) mass is 372 g/mol. The molecular formula is C17H20N6O2S. The molecule has 0 saturated carbocycles. The Morgan fingerprint density at radius 3 is 2.58 bits per heavy atom. The van der Waals surface area contributed by atoms with Crippen molar-refractivity contribution in [2.45, 2.75) is 18.9 Å². The van der Waals surface area contributed by atoms with Gasteiger partial charge in [-0.1, -0.05) is 30.3 Å². The Morgan fingerprint density at radius 1 is 1.15 bits per heavy atom. The first-order chi connectivity index (χ1) is 12.5. The summed E-state index contributed by atoms with van der Waals surface area (Å²) >= 11 is 0. The second-order valence-electron chi connectivity index (χ2n) is 6.49. The second kappa shape index (κ2) is 6.65. The van der Waals surface area contributed by atoms with Gasteiger partial charge in [0.2, 0.25) is 15.7 Å². The Bertz CT molecular complexity index is 1010. The topological polar surface area (TPSA) is 92.5 Å². The fourth-order valence-electron chi connectivity index (χ4n) is 3.23. The Kier molecular flexibility index (Phi) is 4.33. The third kappa shape index (κ3) is 3.40. The van der Waals surface area contributed by atoms with Crippen LogP contribution in [0.1, 0.15) is 12.8 Å². The van der Waals surface area contributed by atoms with Crippen LogP contribution in [0.15, 0.2) is 42.7 Å². The van der Waals surface area contributed by atoms with Gasteiger partial charge in [0.1, 0.15) is 6.33 Å². The highest BCUT2D eigenvalue weighted by molar-refractivity contribution is 7.88. The van der Waals surface area contributed by atoms with Gasteiger partial charge in [-0.05, 0) is 18.9 Å². The molecule has 3 heterocycles. The molecule has 1 saturated heterocycles. The van der Waals surface area contributed by atoms with Crippen molar-refractivity contribution in [3.63, 3.8) is 0 Å². The van der Waals surface area contributed by atoms with Crippen molar-refractivity contribution < 1.29 is 8.42 Å². The van der Waals surface area contributed by atoms with Gasteiger partial charge in [-0.2, -0.15) is 9.61 Å². The number of fused-ring (bicyclic) bond motifs is 1. The Hall–Kier alpha value is -2.52. The zero-order valence-corrected chi connectivity index (χ0v) is 15.2. The molecule has 136 valence electrons. The summed E-state index contributed by atoms with van der Waals surface area (Å²) < 4.78 is 26.5. The number of hydrogen-bond donors (Lipinski definition) is 1. The average molecular weight is 372 g/mol. The minimum atomic E-state index is -3.12. The first kappa shape index (κ1) is 16.9. The molecule has 1 fully saturated rings. The molecule has 0 radical (unpaired) electrons. The molecule has 4 rings (SSSR count). The molecule has 2 aromatic heterocycles. The lowest BCUT2D eigenvalue weighted by Crippen LogP contribution is -2.41. The predicted molar refractivity (Wildman–Crippen MR) is 99.3 cm³/mol. The van der Waals surface area contributed by atoms with Crippen molar-refractivity contribution in [3.8, 4) is 11.3 Å². The van der Waals surface area contributed by atoms with Gasteiger partial charge in [-0.25, -0.2) is 12.7 Å². The van der Waals surface area contributed by atoms with Crippen LogP contribution in [0, 0.1) is 0 Å². The summed E-state index contributed by atoms with van der Waals surface area (Å²) in [7, 11) is -3.12. The smallest absolute Gasteiger partial charge is 0.211 e. The molecule has 1 N–H and O–H groups in total. The number of rotatable bonds is 4. The van der Waals surface area contributed by atoms with Gasteiger partial charge in [-0.3, -0.25) is 0 Å². The number of anilines is 1. The summed E-state index contributed by atoms with van der Waals surface area (Å²) in [6.07, 6.45) is 4.33. The van der Waals surface area contributed by atoms with Gasteiger partial charge in [0.05, 0.1) is 17.6 Å². The number of hydrogen-bond acceptors (Lipinski definition) is 6. The fourth-order valence-corrected chi connectivity index (χ4v) is 4.11. The number of nitrogens with zero attached hydrogens (tertiary/aromatic N) is 5. The molecule has 1 aromatic carbocycles. The van der Waals surface area contributed by atoms with E-state index < -0.39 is 10.0 Å². The van der Waals surface area contributed by atoms with E-state index in [1.54, 1.807) is 10.8 Å². The SMILES string of the molecule is CS(=O)(=O)N1CCC(Nc2cc(-c3ccccc3)nn3cnnc23)CC1. The molecule has 0 atom stereocenters. The highest BCUT2D eigenvalue weighted by Crippen LogP contribution is 2.25. The lowest BCUT2D eigenvalue weighted by atomic mass is 10.1. The summed E-state index contributed by atoms with van der Waals surface area (Å²) in [5.41, 5.74) is 3.36. The zero-order valence-electron chi connectivity index (χ0n) is 14.4. The summed E-state index contributed by atoms with van der Waals surface area (Å²) in [4.78, 5) is 0. The van der Waals surface area contributed by atoms with Gasteiger partial charge >= 0.3 is 0 Å². The molecule has 3 aromatic rings. The molecule has 8 nitrogen and oxygen atoms in total. The van der Waals surface area contributed by atoms with Gasteiger partial charge in [0, 0.05) is 24.7 Å². The number of aromatic nitrogens is 4. The van der Waals surface area contributed by atoms with Crippen LogP contribution in [0.25, 0.3) is 16.9 Å². The van der Waals surface area contributed by atoms with Crippen molar-refractivity contribution >= 4 is 21.4 Å². The normalized spacial score (nSPS) is 16.8. The van der Waals surface area contributed by atoms with Gasteiger partial charge in [0.25, 0.3) is 0 Å². The molecule has 0 aliphatic carbocycles.